The molecule has 3 aromatic heterocycles. The van der Waals surface area contributed by atoms with Crippen LogP contribution in [0.1, 0.15) is 32.4 Å². The molecule has 1 fully saturated rings. The number of hydrogen-bond acceptors (Lipinski definition) is 8. The molecule has 0 radical (unpaired) electrons. The average molecular weight is 411 g/mol. The van der Waals surface area contributed by atoms with Crippen LogP contribution in [-0.4, -0.2) is 61.4 Å². The van der Waals surface area contributed by atoms with Crippen molar-refractivity contribution in [3.05, 3.63) is 30.2 Å². The SMILES string of the molecule is Cc1ccc2c(Nc3cc(OC4CCN(C(=O)OC(C)C)CC4)ncn3)n[nH]c2n1. The second-order valence-corrected chi connectivity index (χ2v) is 7.52. The Morgan fingerprint density at radius 3 is 2.83 bits per heavy atom. The maximum absolute atomic E-state index is 12.0. The summed E-state index contributed by atoms with van der Waals surface area (Å²) in [7, 11) is 0. The Kier molecular flexibility index (Phi) is 5.64. The van der Waals surface area contributed by atoms with E-state index in [1.165, 1.54) is 6.33 Å². The Morgan fingerprint density at radius 2 is 2.07 bits per heavy atom. The lowest BCUT2D eigenvalue weighted by Crippen LogP contribution is -2.42. The maximum atomic E-state index is 12.0. The van der Waals surface area contributed by atoms with Gasteiger partial charge in [0.05, 0.1) is 11.5 Å². The Balaban J connectivity index is 1.36. The van der Waals surface area contributed by atoms with E-state index in [4.69, 9.17) is 9.47 Å². The molecule has 10 heteroatoms. The molecule has 4 rings (SSSR count). The number of fused-ring (bicyclic) bond motifs is 1. The number of pyridine rings is 1. The molecular formula is C20H25N7O3. The van der Waals surface area contributed by atoms with Crippen LogP contribution in [0, 0.1) is 6.92 Å². The van der Waals surface area contributed by atoms with Crippen molar-refractivity contribution >= 4 is 28.8 Å². The van der Waals surface area contributed by atoms with Crippen LogP contribution in [0.15, 0.2) is 24.5 Å². The van der Waals surface area contributed by atoms with Crippen LogP contribution in [0.2, 0.25) is 0 Å². The number of H-pyrrole nitrogens is 1. The second-order valence-electron chi connectivity index (χ2n) is 7.52. The van der Waals surface area contributed by atoms with Gasteiger partial charge in [0, 0.05) is 37.7 Å². The highest BCUT2D eigenvalue weighted by molar-refractivity contribution is 5.88. The number of anilines is 2. The number of rotatable bonds is 5. The lowest BCUT2D eigenvalue weighted by Gasteiger charge is -2.31. The molecule has 3 aromatic rings. The van der Waals surface area contributed by atoms with Crippen LogP contribution >= 0.6 is 0 Å². The van der Waals surface area contributed by atoms with Gasteiger partial charge in [-0.15, -0.1) is 0 Å². The highest BCUT2D eigenvalue weighted by Gasteiger charge is 2.25. The third-order valence-electron chi connectivity index (χ3n) is 4.78. The van der Waals surface area contributed by atoms with Gasteiger partial charge >= 0.3 is 6.09 Å². The summed E-state index contributed by atoms with van der Waals surface area (Å²) in [6.07, 6.45) is 2.47. The van der Waals surface area contributed by atoms with Crippen LogP contribution in [-0.2, 0) is 4.74 Å². The van der Waals surface area contributed by atoms with E-state index in [0.29, 0.717) is 36.3 Å². The summed E-state index contributed by atoms with van der Waals surface area (Å²) in [6, 6.07) is 5.63. The number of ether oxygens (including phenoxy) is 2. The molecular weight excluding hydrogens is 386 g/mol. The van der Waals surface area contributed by atoms with E-state index in [0.717, 1.165) is 23.9 Å². The molecule has 0 unspecified atom stereocenters. The van der Waals surface area contributed by atoms with E-state index in [9.17, 15) is 4.79 Å². The quantitative estimate of drug-likeness (QED) is 0.657. The fourth-order valence-corrected chi connectivity index (χ4v) is 3.29. The first-order valence-electron chi connectivity index (χ1n) is 10.0. The van der Waals surface area contributed by atoms with Gasteiger partial charge in [0.2, 0.25) is 5.88 Å². The van der Waals surface area contributed by atoms with E-state index >= 15 is 0 Å². The molecule has 1 aliphatic rings. The second kappa shape index (κ2) is 8.52. The van der Waals surface area contributed by atoms with Crippen molar-refractivity contribution in [3.63, 3.8) is 0 Å². The van der Waals surface area contributed by atoms with Gasteiger partial charge in [0.15, 0.2) is 11.5 Å². The van der Waals surface area contributed by atoms with Gasteiger partial charge in [-0.25, -0.2) is 19.7 Å². The molecule has 0 aliphatic carbocycles. The molecule has 0 saturated carbocycles. The monoisotopic (exact) mass is 411 g/mol. The standard InChI is InChI=1S/C20H25N7O3/c1-12(2)29-20(28)27-8-6-14(7-9-27)30-17-10-16(21-11-22-17)24-19-15-5-4-13(3)23-18(15)25-26-19/h4-5,10-12,14H,6-9H2,1-3H3,(H2,21,22,23,24,25,26). The van der Waals surface area contributed by atoms with Gasteiger partial charge in [0.25, 0.3) is 0 Å². The lowest BCUT2D eigenvalue weighted by atomic mass is 10.1. The van der Waals surface area contributed by atoms with Crippen LogP contribution in [0.5, 0.6) is 5.88 Å². The number of carbonyl (C=O) groups is 1. The number of aromatic amines is 1. The first kappa shape index (κ1) is 19.9. The fourth-order valence-electron chi connectivity index (χ4n) is 3.29. The van der Waals surface area contributed by atoms with Gasteiger partial charge in [-0.3, -0.25) is 5.10 Å². The van der Waals surface area contributed by atoms with Gasteiger partial charge in [-0.1, -0.05) is 0 Å². The minimum Gasteiger partial charge on any atom is -0.474 e. The zero-order chi connectivity index (χ0) is 21.1. The molecule has 1 saturated heterocycles. The molecule has 1 amide bonds. The number of carbonyl (C=O) groups excluding carboxylic acids is 1. The van der Waals surface area contributed by atoms with Crippen LogP contribution in [0.25, 0.3) is 11.0 Å². The van der Waals surface area contributed by atoms with Crippen LogP contribution < -0.4 is 10.1 Å². The van der Waals surface area contributed by atoms with Gasteiger partial charge < -0.3 is 19.7 Å². The molecule has 0 spiro atoms. The predicted molar refractivity (Wildman–Crippen MR) is 111 cm³/mol. The van der Waals surface area contributed by atoms with Crippen molar-refractivity contribution in [2.75, 3.05) is 18.4 Å². The largest absolute Gasteiger partial charge is 0.474 e. The molecule has 30 heavy (non-hydrogen) atoms. The zero-order valence-corrected chi connectivity index (χ0v) is 17.3. The summed E-state index contributed by atoms with van der Waals surface area (Å²) >= 11 is 0. The zero-order valence-electron chi connectivity index (χ0n) is 17.3. The molecule has 0 bridgehead atoms. The topological polar surface area (TPSA) is 118 Å². The van der Waals surface area contributed by atoms with Gasteiger partial charge in [-0.05, 0) is 32.9 Å². The van der Waals surface area contributed by atoms with Crippen molar-refractivity contribution in [1.82, 2.24) is 30.0 Å². The number of piperidine rings is 1. The number of aromatic nitrogens is 5. The molecule has 1 aliphatic heterocycles. The summed E-state index contributed by atoms with van der Waals surface area (Å²) in [6.45, 7) is 6.81. The molecule has 2 N–H and O–H groups in total. The first-order valence-corrected chi connectivity index (χ1v) is 10.0. The number of hydrogen-bond donors (Lipinski definition) is 2. The highest BCUT2D eigenvalue weighted by atomic mass is 16.6. The minimum atomic E-state index is -0.270. The summed E-state index contributed by atoms with van der Waals surface area (Å²) in [5, 5.41) is 11.2. The summed E-state index contributed by atoms with van der Waals surface area (Å²) in [5.74, 6) is 1.69. The number of aryl methyl sites for hydroxylation is 1. The van der Waals surface area contributed by atoms with E-state index in [1.54, 1.807) is 11.0 Å². The van der Waals surface area contributed by atoms with Crippen molar-refractivity contribution in [2.24, 2.45) is 0 Å². The Labute approximate surface area is 174 Å². The fraction of sp³-hybridized carbons (Fsp3) is 0.450. The van der Waals surface area contributed by atoms with Gasteiger partial charge in [0.1, 0.15) is 18.2 Å². The third kappa shape index (κ3) is 4.58. The van der Waals surface area contributed by atoms with Crippen molar-refractivity contribution in [2.45, 2.75) is 45.8 Å². The Morgan fingerprint density at radius 1 is 1.27 bits per heavy atom. The number of amides is 1. The van der Waals surface area contributed by atoms with E-state index in [-0.39, 0.29) is 18.3 Å². The molecule has 158 valence electrons. The average Bonchev–Trinajstić information content (AvgIpc) is 3.10. The first-order chi connectivity index (χ1) is 14.5. The van der Waals surface area contributed by atoms with Crippen LogP contribution in [0.4, 0.5) is 16.4 Å². The number of nitrogens with zero attached hydrogens (tertiary/aromatic N) is 5. The summed E-state index contributed by atoms with van der Waals surface area (Å²) in [4.78, 5) is 26.6. The summed E-state index contributed by atoms with van der Waals surface area (Å²) < 4.78 is 11.3. The molecule has 0 atom stereocenters. The number of likely N-dealkylation sites (tertiary alicyclic amines) is 1. The number of nitrogens with one attached hydrogen (secondary N) is 2. The van der Waals surface area contributed by atoms with Crippen LogP contribution in [0.3, 0.4) is 0 Å². The Bertz CT molecular complexity index is 1030. The smallest absolute Gasteiger partial charge is 0.410 e. The third-order valence-corrected chi connectivity index (χ3v) is 4.78. The molecule has 10 nitrogen and oxygen atoms in total. The molecule has 0 aromatic carbocycles. The van der Waals surface area contributed by atoms with Crippen molar-refractivity contribution in [1.29, 1.82) is 0 Å². The summed E-state index contributed by atoms with van der Waals surface area (Å²) in [5.41, 5.74) is 1.63. The van der Waals surface area contributed by atoms with E-state index in [2.05, 4.69) is 30.5 Å². The molecule has 4 heterocycles. The normalized spacial score (nSPS) is 14.9. The van der Waals surface area contributed by atoms with E-state index in [1.807, 2.05) is 32.9 Å². The Hall–Kier alpha value is -3.43. The minimum absolute atomic E-state index is 0.0192. The maximum Gasteiger partial charge on any atom is 0.410 e. The van der Waals surface area contributed by atoms with Crippen molar-refractivity contribution < 1.29 is 14.3 Å². The predicted octanol–water partition coefficient (Wildman–Crippen LogP) is 3.19. The highest BCUT2D eigenvalue weighted by Crippen LogP contribution is 2.24. The van der Waals surface area contributed by atoms with Gasteiger partial charge in [-0.2, -0.15) is 5.10 Å². The van der Waals surface area contributed by atoms with E-state index < -0.39 is 0 Å². The lowest BCUT2D eigenvalue weighted by molar-refractivity contribution is 0.0507. The van der Waals surface area contributed by atoms with Crippen molar-refractivity contribution in [3.8, 4) is 5.88 Å².